The summed E-state index contributed by atoms with van der Waals surface area (Å²) in [4.78, 5) is 18.3. The zero-order valence-electron chi connectivity index (χ0n) is 9.82. The van der Waals surface area contributed by atoms with Gasteiger partial charge in [0, 0.05) is 11.4 Å². The van der Waals surface area contributed by atoms with E-state index >= 15 is 0 Å². The van der Waals surface area contributed by atoms with Crippen LogP contribution in [0, 0.1) is 0 Å². The van der Waals surface area contributed by atoms with Crippen molar-refractivity contribution in [3.63, 3.8) is 0 Å². The lowest BCUT2D eigenvalue weighted by molar-refractivity contribution is -0.192. The van der Waals surface area contributed by atoms with Gasteiger partial charge in [-0.2, -0.15) is 13.2 Å². The molecule has 0 saturated heterocycles. The number of carboxylic acid groups (broad SMARTS) is 2. The maximum Gasteiger partial charge on any atom is 0.490 e. The van der Waals surface area contributed by atoms with Crippen LogP contribution in [0.25, 0.3) is 0 Å². The van der Waals surface area contributed by atoms with Crippen LogP contribution in [0.15, 0.2) is 30.3 Å². The van der Waals surface area contributed by atoms with E-state index in [0.717, 1.165) is 5.02 Å². The fourth-order valence-corrected chi connectivity index (χ4v) is 0.560. The first-order valence-electron chi connectivity index (χ1n) is 4.83. The van der Waals surface area contributed by atoms with Crippen molar-refractivity contribution < 1.29 is 33.0 Å². The second kappa shape index (κ2) is 10.2. The molecule has 0 aliphatic heterocycles. The molecule has 4 nitrogen and oxygen atoms in total. The van der Waals surface area contributed by atoms with Gasteiger partial charge in [-0.15, -0.1) is 0 Å². The molecule has 0 heterocycles. The topological polar surface area (TPSA) is 74.6 Å². The van der Waals surface area contributed by atoms with Gasteiger partial charge in [-0.3, -0.25) is 4.79 Å². The molecular weight excluding hydrogens is 289 g/mol. The molecule has 19 heavy (non-hydrogen) atoms. The van der Waals surface area contributed by atoms with Gasteiger partial charge in [-0.05, 0) is 12.1 Å². The van der Waals surface area contributed by atoms with E-state index in [9.17, 15) is 18.0 Å². The average Bonchev–Trinajstić information content (AvgIpc) is 2.30. The van der Waals surface area contributed by atoms with Gasteiger partial charge < -0.3 is 10.2 Å². The number of aliphatic carboxylic acids is 2. The van der Waals surface area contributed by atoms with Crippen LogP contribution < -0.4 is 0 Å². The van der Waals surface area contributed by atoms with Crippen LogP contribution in [0.4, 0.5) is 13.2 Å². The van der Waals surface area contributed by atoms with E-state index in [2.05, 4.69) is 0 Å². The summed E-state index contributed by atoms with van der Waals surface area (Å²) in [5.74, 6) is -3.50. The molecule has 0 atom stereocenters. The summed E-state index contributed by atoms with van der Waals surface area (Å²) in [5, 5.41) is 15.6. The van der Waals surface area contributed by atoms with Gasteiger partial charge in [0.05, 0.1) is 0 Å². The van der Waals surface area contributed by atoms with E-state index in [-0.39, 0.29) is 6.42 Å². The van der Waals surface area contributed by atoms with E-state index in [1.54, 1.807) is 6.92 Å². The lowest BCUT2D eigenvalue weighted by Gasteiger charge is -1.93. The molecule has 0 unspecified atom stereocenters. The average molecular weight is 301 g/mol. The summed E-state index contributed by atoms with van der Waals surface area (Å²) >= 11 is 5.54. The van der Waals surface area contributed by atoms with Crippen LogP contribution in [-0.4, -0.2) is 28.3 Å². The number of rotatable bonds is 1. The lowest BCUT2D eigenvalue weighted by atomic mass is 10.4. The highest BCUT2D eigenvalue weighted by molar-refractivity contribution is 6.30. The number of hydrogen-bond donors (Lipinski definition) is 2. The minimum Gasteiger partial charge on any atom is -0.481 e. The first-order valence-corrected chi connectivity index (χ1v) is 5.21. The molecule has 1 aromatic carbocycles. The molecule has 0 radical (unpaired) electrons. The van der Waals surface area contributed by atoms with Crippen molar-refractivity contribution in [2.45, 2.75) is 19.5 Å². The van der Waals surface area contributed by atoms with Crippen molar-refractivity contribution >= 4 is 23.5 Å². The Labute approximate surface area is 112 Å². The fraction of sp³-hybridized carbons (Fsp3) is 0.273. The summed E-state index contributed by atoms with van der Waals surface area (Å²) < 4.78 is 31.7. The summed E-state index contributed by atoms with van der Waals surface area (Å²) in [6.07, 6.45) is -4.86. The fourth-order valence-electron chi connectivity index (χ4n) is 0.415. The van der Waals surface area contributed by atoms with Crippen molar-refractivity contribution in [3.8, 4) is 0 Å². The highest BCUT2D eigenvalue weighted by Crippen LogP contribution is 2.13. The van der Waals surface area contributed by atoms with Gasteiger partial charge in [0.1, 0.15) is 0 Å². The van der Waals surface area contributed by atoms with Crippen LogP contribution in [0.5, 0.6) is 0 Å². The quantitative estimate of drug-likeness (QED) is 0.833. The van der Waals surface area contributed by atoms with Gasteiger partial charge >= 0.3 is 18.1 Å². The Bertz CT molecular complexity index is 379. The Morgan fingerprint density at radius 1 is 1.16 bits per heavy atom. The Hall–Kier alpha value is -1.76. The smallest absolute Gasteiger partial charge is 0.481 e. The zero-order chi connectivity index (χ0) is 15.5. The molecule has 0 aliphatic carbocycles. The predicted molar refractivity (Wildman–Crippen MR) is 63.1 cm³/mol. The van der Waals surface area contributed by atoms with E-state index in [1.165, 1.54) is 0 Å². The molecular formula is C11H12ClF3O4. The first-order chi connectivity index (χ1) is 8.61. The Kier molecular flexibility index (Phi) is 10.5. The number of alkyl halides is 3. The number of benzene rings is 1. The monoisotopic (exact) mass is 300 g/mol. The highest BCUT2D eigenvalue weighted by Gasteiger charge is 2.38. The molecule has 0 amide bonds. The van der Waals surface area contributed by atoms with Gasteiger partial charge in [-0.1, -0.05) is 36.7 Å². The van der Waals surface area contributed by atoms with Crippen molar-refractivity contribution in [1.29, 1.82) is 0 Å². The van der Waals surface area contributed by atoms with Crippen LogP contribution in [0.2, 0.25) is 5.02 Å². The third-order valence-electron chi connectivity index (χ3n) is 1.28. The van der Waals surface area contributed by atoms with Crippen molar-refractivity contribution in [2.24, 2.45) is 0 Å². The second-order valence-electron chi connectivity index (χ2n) is 2.85. The molecule has 1 rings (SSSR count). The minimum atomic E-state index is -5.08. The third kappa shape index (κ3) is 16.2. The second-order valence-corrected chi connectivity index (χ2v) is 3.28. The molecule has 2 N–H and O–H groups in total. The van der Waals surface area contributed by atoms with E-state index in [0.29, 0.717) is 0 Å². The van der Waals surface area contributed by atoms with Crippen LogP contribution in [0.3, 0.4) is 0 Å². The highest BCUT2D eigenvalue weighted by atomic mass is 35.5. The largest absolute Gasteiger partial charge is 0.490 e. The molecule has 108 valence electrons. The lowest BCUT2D eigenvalue weighted by Crippen LogP contribution is -2.21. The minimum absolute atomic E-state index is 0.222. The van der Waals surface area contributed by atoms with Crippen LogP contribution in [0.1, 0.15) is 13.3 Å². The number of hydrogen-bond acceptors (Lipinski definition) is 2. The number of carbonyl (C=O) groups is 2. The summed E-state index contributed by atoms with van der Waals surface area (Å²) in [7, 11) is 0. The predicted octanol–water partition coefficient (Wildman–Crippen LogP) is 3.45. The van der Waals surface area contributed by atoms with Gasteiger partial charge in [0.2, 0.25) is 0 Å². The van der Waals surface area contributed by atoms with E-state index in [4.69, 9.17) is 26.6 Å². The van der Waals surface area contributed by atoms with Gasteiger partial charge in [0.15, 0.2) is 0 Å². The zero-order valence-corrected chi connectivity index (χ0v) is 10.6. The standard InChI is InChI=1S/C6H5Cl.C3H6O2.C2HF3O2/c7-6-4-2-1-3-5-6;1-2-3(4)5;3-2(4,5)1(6)7/h1-5H;2H2,1H3,(H,4,5);(H,6,7). The Morgan fingerprint density at radius 3 is 1.58 bits per heavy atom. The SMILES string of the molecule is CCC(=O)O.Clc1ccccc1.O=C(O)C(F)(F)F. The molecule has 0 aromatic heterocycles. The molecule has 8 heteroatoms. The normalized spacial score (nSPS) is 9.32. The molecule has 0 saturated carbocycles. The Morgan fingerprint density at radius 2 is 1.47 bits per heavy atom. The van der Waals surface area contributed by atoms with Crippen molar-refractivity contribution in [3.05, 3.63) is 35.4 Å². The van der Waals surface area contributed by atoms with E-state index < -0.39 is 18.1 Å². The van der Waals surface area contributed by atoms with E-state index in [1.807, 2.05) is 30.3 Å². The molecule has 0 spiro atoms. The summed E-state index contributed by atoms with van der Waals surface area (Å²) in [6.45, 7) is 1.60. The summed E-state index contributed by atoms with van der Waals surface area (Å²) in [6, 6.07) is 9.44. The van der Waals surface area contributed by atoms with Gasteiger partial charge in [0.25, 0.3) is 0 Å². The maximum absolute atomic E-state index is 10.6. The van der Waals surface area contributed by atoms with Crippen molar-refractivity contribution in [1.82, 2.24) is 0 Å². The molecule has 0 bridgehead atoms. The van der Waals surface area contributed by atoms with Crippen molar-refractivity contribution in [2.75, 3.05) is 0 Å². The first kappa shape index (κ1) is 19.6. The van der Waals surface area contributed by atoms with Gasteiger partial charge in [-0.25, -0.2) is 4.79 Å². The Balaban J connectivity index is 0. The number of carboxylic acids is 2. The maximum atomic E-state index is 10.6. The summed E-state index contributed by atoms with van der Waals surface area (Å²) in [5.41, 5.74) is 0. The molecule has 1 aromatic rings. The third-order valence-corrected chi connectivity index (χ3v) is 1.53. The number of halogens is 4. The molecule has 0 aliphatic rings. The van der Waals surface area contributed by atoms with Crippen LogP contribution >= 0.6 is 11.6 Å². The molecule has 0 fully saturated rings. The van der Waals surface area contributed by atoms with Crippen LogP contribution in [-0.2, 0) is 9.59 Å².